The van der Waals surface area contributed by atoms with Gasteiger partial charge in [-0.3, -0.25) is 4.68 Å². The van der Waals surface area contributed by atoms with E-state index in [0.717, 1.165) is 42.2 Å². The second-order valence-corrected chi connectivity index (χ2v) is 6.51. The lowest BCUT2D eigenvalue weighted by atomic mass is 10.2. The van der Waals surface area contributed by atoms with Gasteiger partial charge in [0.15, 0.2) is 0 Å². The van der Waals surface area contributed by atoms with Crippen LogP contribution in [0.5, 0.6) is 0 Å². The highest BCUT2D eigenvalue weighted by atomic mass is 16.3. The molecule has 2 N–H and O–H groups in total. The van der Waals surface area contributed by atoms with E-state index in [1.165, 1.54) is 0 Å². The van der Waals surface area contributed by atoms with Crippen LogP contribution in [-0.4, -0.2) is 42.7 Å². The zero-order chi connectivity index (χ0) is 17.4. The number of benzene rings is 1. The summed E-state index contributed by atoms with van der Waals surface area (Å²) in [5.41, 5.74) is 3.76. The van der Waals surface area contributed by atoms with E-state index < -0.39 is 6.10 Å². The lowest BCUT2D eigenvalue weighted by molar-refractivity contribution is 0.193. The Morgan fingerprint density at radius 1 is 1.24 bits per heavy atom. The topological polar surface area (TPSA) is 79.3 Å². The van der Waals surface area contributed by atoms with E-state index in [0.29, 0.717) is 18.8 Å². The maximum absolute atomic E-state index is 9.80. The maximum Gasteiger partial charge on any atom is 0.206 e. The van der Waals surface area contributed by atoms with E-state index in [1.54, 1.807) is 6.92 Å². The summed E-state index contributed by atoms with van der Waals surface area (Å²) in [7, 11) is 0. The molecule has 0 saturated heterocycles. The van der Waals surface area contributed by atoms with E-state index in [1.807, 2.05) is 35.0 Å². The molecule has 0 unspecified atom stereocenters. The van der Waals surface area contributed by atoms with Crippen LogP contribution in [0.2, 0.25) is 0 Å². The summed E-state index contributed by atoms with van der Waals surface area (Å²) in [5.74, 6) is 0.878. The summed E-state index contributed by atoms with van der Waals surface area (Å²) in [6.45, 7) is 4.73. The molecular formula is C18H23N5O2. The molecule has 0 fully saturated rings. The van der Waals surface area contributed by atoms with Crippen molar-refractivity contribution < 1.29 is 10.2 Å². The molecule has 132 valence electrons. The van der Waals surface area contributed by atoms with Crippen molar-refractivity contribution >= 4 is 17.0 Å². The van der Waals surface area contributed by atoms with Crippen molar-refractivity contribution in [3.63, 3.8) is 0 Å². The third-order valence-electron chi connectivity index (χ3n) is 4.70. The fourth-order valence-corrected chi connectivity index (χ4v) is 3.48. The van der Waals surface area contributed by atoms with Crippen LogP contribution in [0.4, 0.5) is 5.95 Å². The number of hydrogen-bond donors (Lipinski definition) is 2. The Bertz CT molecular complexity index is 883. The molecule has 1 aliphatic rings. The molecule has 1 aliphatic heterocycles. The van der Waals surface area contributed by atoms with Crippen LogP contribution in [0.3, 0.4) is 0 Å². The first-order valence-corrected chi connectivity index (χ1v) is 8.73. The number of rotatable bonds is 4. The highest BCUT2D eigenvalue weighted by Crippen LogP contribution is 2.26. The van der Waals surface area contributed by atoms with Gasteiger partial charge in [0.1, 0.15) is 0 Å². The molecule has 0 spiro atoms. The van der Waals surface area contributed by atoms with Crippen LogP contribution in [0.1, 0.15) is 30.8 Å². The van der Waals surface area contributed by atoms with Gasteiger partial charge in [0.25, 0.3) is 0 Å². The van der Waals surface area contributed by atoms with Crippen molar-refractivity contribution in [2.45, 2.75) is 39.1 Å². The molecule has 0 saturated carbocycles. The van der Waals surface area contributed by atoms with Crippen LogP contribution >= 0.6 is 0 Å². The van der Waals surface area contributed by atoms with Gasteiger partial charge < -0.3 is 19.7 Å². The molecule has 4 rings (SSSR count). The standard InChI is InChI=1S/C18H23N5O2/c1-13(25)16-11-14-12-21(7-4-8-23(14)20-16)18-19-15-5-2-3-6-17(15)22(18)9-10-24/h2-3,5-6,11,13,24-25H,4,7-10,12H2,1H3/t13-/m0/s1. The number of nitrogens with zero attached hydrogens (tertiary/aromatic N) is 5. The fourth-order valence-electron chi connectivity index (χ4n) is 3.48. The molecule has 25 heavy (non-hydrogen) atoms. The first kappa shape index (κ1) is 16.1. The van der Waals surface area contributed by atoms with Gasteiger partial charge in [-0.1, -0.05) is 12.1 Å². The van der Waals surface area contributed by atoms with Crippen molar-refractivity contribution in [2.24, 2.45) is 0 Å². The highest BCUT2D eigenvalue weighted by Gasteiger charge is 2.22. The van der Waals surface area contributed by atoms with Gasteiger partial charge >= 0.3 is 0 Å². The summed E-state index contributed by atoms with van der Waals surface area (Å²) in [6.07, 6.45) is 0.392. The molecular weight excluding hydrogens is 318 g/mol. The lowest BCUT2D eigenvalue weighted by Crippen LogP contribution is -2.26. The number of aromatic nitrogens is 4. The molecule has 3 heterocycles. The third-order valence-corrected chi connectivity index (χ3v) is 4.70. The van der Waals surface area contributed by atoms with Crippen molar-refractivity contribution in [1.29, 1.82) is 0 Å². The normalized spacial score (nSPS) is 16.0. The second-order valence-electron chi connectivity index (χ2n) is 6.51. The number of fused-ring (bicyclic) bond motifs is 2. The quantitative estimate of drug-likeness (QED) is 0.755. The predicted molar refractivity (Wildman–Crippen MR) is 95.3 cm³/mol. The molecule has 0 bridgehead atoms. The van der Waals surface area contributed by atoms with E-state index in [2.05, 4.69) is 14.6 Å². The number of aliphatic hydroxyl groups is 2. The van der Waals surface area contributed by atoms with Gasteiger partial charge in [-0.25, -0.2) is 4.98 Å². The maximum atomic E-state index is 9.80. The zero-order valence-electron chi connectivity index (χ0n) is 14.3. The molecule has 7 heteroatoms. The third kappa shape index (κ3) is 2.89. The van der Waals surface area contributed by atoms with E-state index in [-0.39, 0.29) is 6.61 Å². The van der Waals surface area contributed by atoms with Crippen molar-refractivity contribution in [3.8, 4) is 0 Å². The molecule has 2 aromatic heterocycles. The summed E-state index contributed by atoms with van der Waals surface area (Å²) in [6, 6.07) is 9.99. The first-order valence-electron chi connectivity index (χ1n) is 8.73. The Hall–Kier alpha value is -2.38. The van der Waals surface area contributed by atoms with Gasteiger partial charge in [0.2, 0.25) is 5.95 Å². The Morgan fingerprint density at radius 3 is 2.88 bits per heavy atom. The molecule has 1 atom stereocenters. The number of anilines is 1. The second kappa shape index (κ2) is 6.50. The molecule has 0 amide bonds. The zero-order valence-corrected chi connectivity index (χ0v) is 14.3. The fraction of sp³-hybridized carbons (Fsp3) is 0.444. The molecule has 7 nitrogen and oxygen atoms in total. The van der Waals surface area contributed by atoms with Crippen molar-refractivity contribution in [3.05, 3.63) is 41.7 Å². The summed E-state index contributed by atoms with van der Waals surface area (Å²) < 4.78 is 4.07. The average molecular weight is 341 g/mol. The molecule has 0 radical (unpaired) electrons. The highest BCUT2D eigenvalue weighted by molar-refractivity contribution is 5.78. The van der Waals surface area contributed by atoms with Crippen LogP contribution in [0, 0.1) is 0 Å². The van der Waals surface area contributed by atoms with Gasteiger partial charge in [-0.2, -0.15) is 5.10 Å². The molecule has 3 aromatic rings. The average Bonchev–Trinajstić information content (AvgIpc) is 3.11. The molecule has 0 aliphatic carbocycles. The summed E-state index contributed by atoms with van der Waals surface area (Å²) in [5, 5.41) is 23.8. The van der Waals surface area contributed by atoms with Crippen LogP contribution in [-0.2, 0) is 19.6 Å². The minimum Gasteiger partial charge on any atom is -0.395 e. The SMILES string of the molecule is C[C@H](O)c1cc2n(n1)CCCN(c1nc3ccccc3n1CCO)C2. The predicted octanol–water partition coefficient (Wildman–Crippen LogP) is 1.69. The number of aryl methyl sites for hydroxylation is 1. The lowest BCUT2D eigenvalue weighted by Gasteiger charge is -2.22. The van der Waals surface area contributed by atoms with E-state index in [9.17, 15) is 10.2 Å². The van der Waals surface area contributed by atoms with Gasteiger partial charge in [-0.05, 0) is 31.5 Å². The number of aliphatic hydroxyl groups excluding tert-OH is 2. The first-order chi connectivity index (χ1) is 12.2. The Kier molecular flexibility index (Phi) is 4.19. The van der Waals surface area contributed by atoms with Crippen molar-refractivity contribution in [1.82, 2.24) is 19.3 Å². The van der Waals surface area contributed by atoms with Crippen LogP contribution < -0.4 is 4.90 Å². The number of imidazole rings is 1. The Balaban J connectivity index is 1.73. The van der Waals surface area contributed by atoms with Crippen LogP contribution in [0.25, 0.3) is 11.0 Å². The Morgan fingerprint density at radius 2 is 2.08 bits per heavy atom. The van der Waals surface area contributed by atoms with E-state index >= 15 is 0 Å². The monoisotopic (exact) mass is 341 g/mol. The van der Waals surface area contributed by atoms with Gasteiger partial charge in [0.05, 0.1) is 41.7 Å². The Labute approximate surface area is 146 Å². The number of hydrogen-bond acceptors (Lipinski definition) is 5. The smallest absolute Gasteiger partial charge is 0.206 e. The van der Waals surface area contributed by atoms with Crippen molar-refractivity contribution in [2.75, 3.05) is 18.1 Å². The van der Waals surface area contributed by atoms with Gasteiger partial charge in [0, 0.05) is 19.6 Å². The van der Waals surface area contributed by atoms with Crippen LogP contribution in [0.15, 0.2) is 30.3 Å². The van der Waals surface area contributed by atoms with Gasteiger partial charge in [-0.15, -0.1) is 0 Å². The summed E-state index contributed by atoms with van der Waals surface area (Å²) in [4.78, 5) is 7.05. The summed E-state index contributed by atoms with van der Waals surface area (Å²) >= 11 is 0. The van der Waals surface area contributed by atoms with E-state index in [4.69, 9.17) is 4.98 Å². The largest absolute Gasteiger partial charge is 0.395 e. The number of para-hydroxylation sites is 2. The molecule has 1 aromatic carbocycles. The minimum absolute atomic E-state index is 0.0747. The minimum atomic E-state index is -0.563.